The summed E-state index contributed by atoms with van der Waals surface area (Å²) in [5.74, 6) is 0.0310. The summed E-state index contributed by atoms with van der Waals surface area (Å²) in [4.78, 5) is 12.2. The van der Waals surface area contributed by atoms with Crippen molar-refractivity contribution in [3.63, 3.8) is 0 Å². The molecule has 4 heteroatoms. The monoisotopic (exact) mass is 308 g/mol. The summed E-state index contributed by atoms with van der Waals surface area (Å²) in [6.45, 7) is 2.14. The van der Waals surface area contributed by atoms with E-state index in [1.807, 2.05) is 6.07 Å². The topological polar surface area (TPSA) is 50.4 Å². The first kappa shape index (κ1) is 14.4. The van der Waals surface area contributed by atoms with Gasteiger partial charge in [-0.1, -0.05) is 30.3 Å². The fraction of sp³-hybridized carbons (Fsp3) is 0.316. The molecule has 118 valence electrons. The highest BCUT2D eigenvalue weighted by molar-refractivity contribution is 5.92. The third-order valence-electron chi connectivity index (χ3n) is 4.51. The normalized spacial score (nSPS) is 19.0. The molecule has 1 aliphatic carbocycles. The number of fused-ring (bicyclic) bond motifs is 3. The number of carbonyl (C=O) groups is 1. The van der Waals surface area contributed by atoms with E-state index < -0.39 is 0 Å². The summed E-state index contributed by atoms with van der Waals surface area (Å²) in [5, 5.41) is 6.31. The standard InChI is InChI=1S/C19H20N2O2/c22-19(11-16-12-23-8-7-20-16)21-15-5-6-18-14(10-15)9-13-3-1-2-4-17(13)18/h1-6,10,16,20H,7-9,11-12H2,(H,21,22)/t16-/m1/s1. The molecule has 0 saturated carbocycles. The van der Waals surface area contributed by atoms with Crippen molar-refractivity contribution >= 4 is 11.6 Å². The fourth-order valence-electron chi connectivity index (χ4n) is 3.41. The maximum Gasteiger partial charge on any atom is 0.226 e. The average Bonchev–Trinajstić information content (AvgIpc) is 2.93. The van der Waals surface area contributed by atoms with Gasteiger partial charge in [-0.2, -0.15) is 0 Å². The first-order valence-electron chi connectivity index (χ1n) is 8.12. The lowest BCUT2D eigenvalue weighted by Gasteiger charge is -2.23. The van der Waals surface area contributed by atoms with E-state index in [0.717, 1.165) is 25.3 Å². The van der Waals surface area contributed by atoms with Crippen LogP contribution in [-0.4, -0.2) is 31.7 Å². The minimum absolute atomic E-state index is 0.0310. The predicted molar refractivity (Wildman–Crippen MR) is 90.5 cm³/mol. The highest BCUT2D eigenvalue weighted by Crippen LogP contribution is 2.37. The van der Waals surface area contributed by atoms with E-state index in [0.29, 0.717) is 13.0 Å². The molecule has 23 heavy (non-hydrogen) atoms. The Morgan fingerprint density at radius 3 is 2.91 bits per heavy atom. The van der Waals surface area contributed by atoms with E-state index in [2.05, 4.69) is 47.0 Å². The number of morpholine rings is 1. The highest BCUT2D eigenvalue weighted by Gasteiger charge is 2.19. The fourth-order valence-corrected chi connectivity index (χ4v) is 3.41. The second-order valence-electron chi connectivity index (χ2n) is 6.18. The molecule has 1 atom stereocenters. The van der Waals surface area contributed by atoms with Crippen LogP contribution >= 0.6 is 0 Å². The van der Waals surface area contributed by atoms with Crippen LogP contribution in [0.15, 0.2) is 42.5 Å². The molecule has 0 unspecified atom stereocenters. The van der Waals surface area contributed by atoms with Gasteiger partial charge >= 0.3 is 0 Å². The summed E-state index contributed by atoms with van der Waals surface area (Å²) >= 11 is 0. The van der Waals surface area contributed by atoms with Crippen LogP contribution in [0, 0.1) is 0 Å². The van der Waals surface area contributed by atoms with Crippen LogP contribution in [0.4, 0.5) is 5.69 Å². The third kappa shape index (κ3) is 3.00. The molecule has 0 aromatic heterocycles. The molecule has 1 heterocycles. The molecule has 1 saturated heterocycles. The number of hydrogen-bond donors (Lipinski definition) is 2. The molecule has 0 radical (unpaired) electrons. The number of benzene rings is 2. The van der Waals surface area contributed by atoms with E-state index >= 15 is 0 Å². The molecule has 2 N–H and O–H groups in total. The molecule has 2 aromatic rings. The maximum atomic E-state index is 12.2. The highest BCUT2D eigenvalue weighted by atomic mass is 16.5. The largest absolute Gasteiger partial charge is 0.378 e. The minimum atomic E-state index is 0.0310. The van der Waals surface area contributed by atoms with Crippen molar-refractivity contribution in [2.75, 3.05) is 25.1 Å². The SMILES string of the molecule is O=C(C[C@@H]1COCCN1)Nc1ccc2c(c1)Cc1ccccc1-2. The predicted octanol–water partition coefficient (Wildman–Crippen LogP) is 2.57. The first-order valence-corrected chi connectivity index (χ1v) is 8.12. The summed E-state index contributed by atoms with van der Waals surface area (Å²) in [6.07, 6.45) is 1.38. The first-order chi connectivity index (χ1) is 11.3. The van der Waals surface area contributed by atoms with Gasteiger partial charge in [0.1, 0.15) is 0 Å². The Morgan fingerprint density at radius 2 is 2.04 bits per heavy atom. The molecule has 1 fully saturated rings. The van der Waals surface area contributed by atoms with Gasteiger partial charge in [-0.3, -0.25) is 4.79 Å². The zero-order chi connectivity index (χ0) is 15.6. The molecule has 4 rings (SSSR count). The Hall–Kier alpha value is -2.17. The number of hydrogen-bond acceptors (Lipinski definition) is 3. The quantitative estimate of drug-likeness (QED) is 0.782. The Bertz CT molecular complexity index is 736. The number of amides is 1. The summed E-state index contributed by atoms with van der Waals surface area (Å²) in [6, 6.07) is 14.8. The van der Waals surface area contributed by atoms with Crippen LogP contribution in [0.1, 0.15) is 17.5 Å². The Morgan fingerprint density at radius 1 is 1.17 bits per heavy atom. The van der Waals surface area contributed by atoms with E-state index in [4.69, 9.17) is 4.74 Å². The van der Waals surface area contributed by atoms with Gasteiger partial charge in [-0.05, 0) is 40.8 Å². The van der Waals surface area contributed by atoms with Gasteiger partial charge in [-0.15, -0.1) is 0 Å². The summed E-state index contributed by atoms with van der Waals surface area (Å²) in [7, 11) is 0. The zero-order valence-electron chi connectivity index (χ0n) is 13.0. The van der Waals surface area contributed by atoms with Crippen molar-refractivity contribution in [3.05, 3.63) is 53.6 Å². The van der Waals surface area contributed by atoms with Gasteiger partial charge in [0.05, 0.1) is 13.2 Å². The molecule has 1 aliphatic heterocycles. The average molecular weight is 308 g/mol. The summed E-state index contributed by atoms with van der Waals surface area (Å²) in [5.41, 5.74) is 6.10. The van der Waals surface area contributed by atoms with Crippen LogP contribution in [0.2, 0.25) is 0 Å². The van der Waals surface area contributed by atoms with E-state index in [9.17, 15) is 4.79 Å². The summed E-state index contributed by atoms with van der Waals surface area (Å²) < 4.78 is 5.39. The van der Waals surface area contributed by atoms with Gasteiger partial charge in [0.2, 0.25) is 5.91 Å². The smallest absolute Gasteiger partial charge is 0.226 e. The Kier molecular flexibility index (Phi) is 3.85. The second-order valence-corrected chi connectivity index (χ2v) is 6.18. The van der Waals surface area contributed by atoms with Crippen molar-refractivity contribution in [2.24, 2.45) is 0 Å². The van der Waals surface area contributed by atoms with Gasteiger partial charge < -0.3 is 15.4 Å². The zero-order valence-corrected chi connectivity index (χ0v) is 13.0. The van der Waals surface area contributed by atoms with Gasteiger partial charge in [0.15, 0.2) is 0 Å². The van der Waals surface area contributed by atoms with Crippen molar-refractivity contribution in [3.8, 4) is 11.1 Å². The second kappa shape index (κ2) is 6.14. The molecule has 0 bridgehead atoms. The van der Waals surface area contributed by atoms with Gasteiger partial charge in [0, 0.05) is 24.7 Å². The van der Waals surface area contributed by atoms with Crippen LogP contribution in [0.3, 0.4) is 0 Å². The lowest BCUT2D eigenvalue weighted by molar-refractivity contribution is -0.117. The van der Waals surface area contributed by atoms with E-state index in [1.165, 1.54) is 22.3 Å². The van der Waals surface area contributed by atoms with Crippen molar-refractivity contribution < 1.29 is 9.53 Å². The number of nitrogens with one attached hydrogen (secondary N) is 2. The molecular weight excluding hydrogens is 288 g/mol. The van der Waals surface area contributed by atoms with Crippen LogP contribution in [-0.2, 0) is 16.0 Å². The van der Waals surface area contributed by atoms with E-state index in [-0.39, 0.29) is 11.9 Å². The molecule has 1 amide bonds. The lowest BCUT2D eigenvalue weighted by atomic mass is 10.1. The van der Waals surface area contributed by atoms with Crippen molar-refractivity contribution in [1.82, 2.24) is 5.32 Å². The Balaban J connectivity index is 1.45. The van der Waals surface area contributed by atoms with Crippen LogP contribution in [0.25, 0.3) is 11.1 Å². The number of rotatable bonds is 3. The Labute approximate surface area is 135 Å². The molecule has 4 nitrogen and oxygen atoms in total. The minimum Gasteiger partial charge on any atom is -0.378 e. The van der Waals surface area contributed by atoms with Crippen molar-refractivity contribution in [1.29, 1.82) is 0 Å². The van der Waals surface area contributed by atoms with Gasteiger partial charge in [-0.25, -0.2) is 0 Å². The number of carbonyl (C=O) groups excluding carboxylic acids is 1. The number of anilines is 1. The third-order valence-corrected chi connectivity index (χ3v) is 4.51. The number of ether oxygens (including phenoxy) is 1. The molecule has 0 spiro atoms. The van der Waals surface area contributed by atoms with Crippen molar-refractivity contribution in [2.45, 2.75) is 18.9 Å². The molecule has 2 aromatic carbocycles. The lowest BCUT2D eigenvalue weighted by Crippen LogP contribution is -2.43. The maximum absolute atomic E-state index is 12.2. The van der Waals surface area contributed by atoms with E-state index in [1.54, 1.807) is 0 Å². The molecular formula is C19H20N2O2. The molecule has 2 aliphatic rings. The van der Waals surface area contributed by atoms with Crippen LogP contribution in [0.5, 0.6) is 0 Å². The van der Waals surface area contributed by atoms with Gasteiger partial charge in [0.25, 0.3) is 0 Å². The van der Waals surface area contributed by atoms with Crippen LogP contribution < -0.4 is 10.6 Å².